The van der Waals surface area contributed by atoms with E-state index in [1.165, 1.54) is 19.3 Å². The number of anilines is 3. The fourth-order valence-electron chi connectivity index (χ4n) is 2.54. The van der Waals surface area contributed by atoms with E-state index in [-0.39, 0.29) is 0 Å². The van der Waals surface area contributed by atoms with E-state index in [2.05, 4.69) is 34.0 Å². The molecule has 3 N–H and O–H groups in total. The lowest BCUT2D eigenvalue weighted by molar-refractivity contribution is 0.325. The lowest BCUT2D eigenvalue weighted by atomic mass is 9.85. The molecule has 0 atom stereocenters. The van der Waals surface area contributed by atoms with Crippen LogP contribution in [0.1, 0.15) is 40.0 Å². The standard InChI is InChI=1S/C14H25N5/c1-4-16-11-10-12(18-13(15)17-11)19-8-5-6-14(2,3)7-9-19/h10H,4-9H2,1-3H3,(H3,15,16,17,18). The number of nitrogens with one attached hydrogen (secondary N) is 1. The fraction of sp³-hybridized carbons (Fsp3) is 0.714. The molecule has 0 unspecified atom stereocenters. The molecule has 1 aliphatic rings. The second-order valence-corrected chi connectivity index (χ2v) is 6.00. The minimum absolute atomic E-state index is 0.344. The Balaban J connectivity index is 2.16. The van der Waals surface area contributed by atoms with Gasteiger partial charge in [-0.15, -0.1) is 0 Å². The zero-order chi connectivity index (χ0) is 13.9. The van der Waals surface area contributed by atoms with Crippen LogP contribution in [0.3, 0.4) is 0 Å². The third kappa shape index (κ3) is 3.72. The van der Waals surface area contributed by atoms with Crippen molar-refractivity contribution in [1.29, 1.82) is 0 Å². The number of nitrogen functional groups attached to an aromatic ring is 1. The number of hydrogen-bond acceptors (Lipinski definition) is 5. The molecule has 0 aromatic carbocycles. The van der Waals surface area contributed by atoms with Gasteiger partial charge in [-0.25, -0.2) is 0 Å². The maximum atomic E-state index is 5.80. The Morgan fingerprint density at radius 3 is 2.84 bits per heavy atom. The number of rotatable bonds is 3. The van der Waals surface area contributed by atoms with E-state index in [1.54, 1.807) is 0 Å². The summed E-state index contributed by atoms with van der Waals surface area (Å²) in [6.45, 7) is 9.65. The first-order valence-electron chi connectivity index (χ1n) is 7.13. The maximum absolute atomic E-state index is 5.80. The summed E-state index contributed by atoms with van der Waals surface area (Å²) in [5.74, 6) is 2.10. The Kier molecular flexibility index (Phi) is 4.12. The Labute approximate surface area is 115 Å². The highest BCUT2D eigenvalue weighted by molar-refractivity contribution is 5.52. The molecule has 0 spiro atoms. The van der Waals surface area contributed by atoms with Crippen LogP contribution in [0.4, 0.5) is 17.6 Å². The molecule has 2 heterocycles. The summed E-state index contributed by atoms with van der Waals surface area (Å²) < 4.78 is 0. The van der Waals surface area contributed by atoms with Crippen molar-refractivity contribution < 1.29 is 0 Å². The van der Waals surface area contributed by atoms with Crippen molar-refractivity contribution in [3.63, 3.8) is 0 Å². The predicted octanol–water partition coefficient (Wildman–Crippen LogP) is 2.51. The van der Waals surface area contributed by atoms with Crippen LogP contribution in [-0.2, 0) is 0 Å². The van der Waals surface area contributed by atoms with Gasteiger partial charge < -0.3 is 16.0 Å². The van der Waals surface area contributed by atoms with Crippen molar-refractivity contribution in [1.82, 2.24) is 9.97 Å². The molecule has 0 radical (unpaired) electrons. The van der Waals surface area contributed by atoms with Crippen LogP contribution in [0.15, 0.2) is 6.07 Å². The molecular weight excluding hydrogens is 238 g/mol. The largest absolute Gasteiger partial charge is 0.370 e. The molecular formula is C14H25N5. The smallest absolute Gasteiger partial charge is 0.223 e. The average Bonchev–Trinajstić information content (AvgIpc) is 2.50. The topological polar surface area (TPSA) is 67.1 Å². The zero-order valence-electron chi connectivity index (χ0n) is 12.2. The SMILES string of the molecule is CCNc1cc(N2CCCC(C)(C)CC2)nc(N)n1. The molecule has 106 valence electrons. The molecule has 0 aliphatic carbocycles. The van der Waals surface area contributed by atoms with Crippen molar-refractivity contribution >= 4 is 17.6 Å². The first kappa shape index (κ1) is 13.9. The third-order valence-electron chi connectivity index (χ3n) is 3.75. The van der Waals surface area contributed by atoms with Gasteiger partial charge in [-0.2, -0.15) is 9.97 Å². The van der Waals surface area contributed by atoms with Gasteiger partial charge in [0.25, 0.3) is 0 Å². The second kappa shape index (κ2) is 5.63. The Hall–Kier alpha value is -1.52. The molecule has 1 aromatic rings. The van der Waals surface area contributed by atoms with E-state index in [9.17, 15) is 0 Å². The summed E-state index contributed by atoms with van der Waals surface area (Å²) in [5, 5.41) is 3.20. The lowest BCUT2D eigenvalue weighted by Gasteiger charge is -2.24. The van der Waals surface area contributed by atoms with Gasteiger partial charge in [-0.3, -0.25) is 0 Å². The highest BCUT2D eigenvalue weighted by Crippen LogP contribution is 2.31. The normalized spacial score (nSPS) is 19.0. The van der Waals surface area contributed by atoms with E-state index < -0.39 is 0 Å². The quantitative estimate of drug-likeness (QED) is 0.877. The minimum Gasteiger partial charge on any atom is -0.370 e. The number of hydrogen-bond donors (Lipinski definition) is 2. The molecule has 0 amide bonds. The number of aromatic nitrogens is 2. The van der Waals surface area contributed by atoms with Gasteiger partial charge in [-0.1, -0.05) is 13.8 Å². The molecule has 1 aliphatic heterocycles. The number of nitrogens with two attached hydrogens (primary N) is 1. The third-order valence-corrected chi connectivity index (χ3v) is 3.75. The fourth-order valence-corrected chi connectivity index (χ4v) is 2.54. The Morgan fingerprint density at radius 1 is 1.32 bits per heavy atom. The molecule has 5 nitrogen and oxygen atoms in total. The van der Waals surface area contributed by atoms with Crippen LogP contribution in [0.5, 0.6) is 0 Å². The Bertz CT molecular complexity index is 430. The van der Waals surface area contributed by atoms with Crippen molar-refractivity contribution in [3.05, 3.63) is 6.07 Å². The van der Waals surface area contributed by atoms with E-state index in [1.807, 2.05) is 13.0 Å². The van der Waals surface area contributed by atoms with Gasteiger partial charge in [-0.05, 0) is 31.6 Å². The lowest BCUT2D eigenvalue weighted by Crippen LogP contribution is -2.26. The summed E-state index contributed by atoms with van der Waals surface area (Å²) in [5.41, 5.74) is 6.23. The summed E-state index contributed by atoms with van der Waals surface area (Å²) in [6, 6.07) is 2.00. The van der Waals surface area contributed by atoms with Crippen LogP contribution in [0.2, 0.25) is 0 Å². The van der Waals surface area contributed by atoms with E-state index >= 15 is 0 Å². The van der Waals surface area contributed by atoms with Crippen LogP contribution in [0.25, 0.3) is 0 Å². The second-order valence-electron chi connectivity index (χ2n) is 6.00. The first-order valence-corrected chi connectivity index (χ1v) is 7.13. The maximum Gasteiger partial charge on any atom is 0.223 e. The molecule has 1 fully saturated rings. The summed E-state index contributed by atoms with van der Waals surface area (Å²) >= 11 is 0. The van der Waals surface area contributed by atoms with Crippen LogP contribution < -0.4 is 16.0 Å². The molecule has 19 heavy (non-hydrogen) atoms. The van der Waals surface area contributed by atoms with Gasteiger partial charge in [0.1, 0.15) is 11.6 Å². The monoisotopic (exact) mass is 263 g/mol. The summed E-state index contributed by atoms with van der Waals surface area (Å²) in [4.78, 5) is 10.9. The van der Waals surface area contributed by atoms with Gasteiger partial charge in [0.15, 0.2) is 0 Å². The van der Waals surface area contributed by atoms with Gasteiger partial charge in [0, 0.05) is 25.7 Å². The van der Waals surface area contributed by atoms with Crippen LogP contribution in [-0.4, -0.2) is 29.6 Å². The first-order chi connectivity index (χ1) is 9.00. The van der Waals surface area contributed by atoms with E-state index in [0.717, 1.165) is 31.3 Å². The molecule has 2 rings (SSSR count). The van der Waals surface area contributed by atoms with Crippen molar-refractivity contribution in [2.24, 2.45) is 5.41 Å². The highest BCUT2D eigenvalue weighted by Gasteiger charge is 2.24. The van der Waals surface area contributed by atoms with Gasteiger partial charge in [0.05, 0.1) is 0 Å². The highest BCUT2D eigenvalue weighted by atomic mass is 15.2. The molecule has 1 saturated heterocycles. The predicted molar refractivity (Wildman–Crippen MR) is 80.5 cm³/mol. The van der Waals surface area contributed by atoms with E-state index in [0.29, 0.717) is 11.4 Å². The van der Waals surface area contributed by atoms with E-state index in [4.69, 9.17) is 5.73 Å². The molecule has 1 aromatic heterocycles. The summed E-state index contributed by atoms with van der Waals surface area (Å²) in [7, 11) is 0. The van der Waals surface area contributed by atoms with Crippen molar-refractivity contribution in [2.45, 2.75) is 40.0 Å². The van der Waals surface area contributed by atoms with Gasteiger partial charge >= 0.3 is 0 Å². The molecule has 0 bridgehead atoms. The molecule has 5 heteroatoms. The molecule has 0 saturated carbocycles. The Morgan fingerprint density at radius 2 is 2.11 bits per heavy atom. The zero-order valence-corrected chi connectivity index (χ0v) is 12.2. The summed E-state index contributed by atoms with van der Waals surface area (Å²) in [6.07, 6.45) is 3.66. The number of nitrogens with zero attached hydrogens (tertiary/aromatic N) is 3. The average molecular weight is 263 g/mol. The van der Waals surface area contributed by atoms with Gasteiger partial charge in [0.2, 0.25) is 5.95 Å². The van der Waals surface area contributed by atoms with Crippen molar-refractivity contribution in [3.8, 4) is 0 Å². The van der Waals surface area contributed by atoms with Crippen LogP contribution in [0, 0.1) is 5.41 Å². The van der Waals surface area contributed by atoms with Crippen molar-refractivity contribution in [2.75, 3.05) is 35.6 Å². The minimum atomic E-state index is 0.344. The van der Waals surface area contributed by atoms with Crippen LogP contribution >= 0.6 is 0 Å².